The Balaban J connectivity index is 1.83. The third-order valence-corrected chi connectivity index (χ3v) is 5.51. The van der Waals surface area contributed by atoms with Crippen molar-refractivity contribution in [1.82, 2.24) is 10.6 Å². The maximum absolute atomic E-state index is 3.93. The van der Waals surface area contributed by atoms with Gasteiger partial charge in [0.15, 0.2) is 0 Å². The summed E-state index contributed by atoms with van der Waals surface area (Å²) in [7, 11) is 0. The molecule has 2 nitrogen and oxygen atoms in total. The highest BCUT2D eigenvalue weighted by Gasteiger charge is 2.35. The normalized spacial score (nSPS) is 32.1. The molecular formula is C17H34N2. The zero-order chi connectivity index (χ0) is 13.8. The van der Waals surface area contributed by atoms with Crippen LogP contribution >= 0.6 is 0 Å². The smallest absolute Gasteiger partial charge is 0.0111 e. The lowest BCUT2D eigenvalue weighted by atomic mass is 9.85. The summed E-state index contributed by atoms with van der Waals surface area (Å²) in [6.07, 6.45) is 7.04. The fourth-order valence-corrected chi connectivity index (χ4v) is 4.33. The highest BCUT2D eigenvalue weighted by Crippen LogP contribution is 2.32. The molecule has 0 amide bonds. The number of hydrogen-bond donors (Lipinski definition) is 2. The van der Waals surface area contributed by atoms with Gasteiger partial charge in [-0.2, -0.15) is 0 Å². The molecule has 0 radical (unpaired) electrons. The number of hydrogen-bond acceptors (Lipinski definition) is 2. The van der Waals surface area contributed by atoms with Gasteiger partial charge in [0.05, 0.1) is 0 Å². The van der Waals surface area contributed by atoms with Crippen LogP contribution in [0.1, 0.15) is 59.8 Å². The molecule has 19 heavy (non-hydrogen) atoms. The van der Waals surface area contributed by atoms with Crippen LogP contribution in [0.5, 0.6) is 0 Å². The maximum atomic E-state index is 3.93. The summed E-state index contributed by atoms with van der Waals surface area (Å²) in [5.41, 5.74) is 0. The second kappa shape index (κ2) is 7.08. The molecule has 0 bridgehead atoms. The predicted octanol–water partition coefficient (Wildman–Crippen LogP) is 3.42. The van der Waals surface area contributed by atoms with Crippen LogP contribution in [0.2, 0.25) is 0 Å². The van der Waals surface area contributed by atoms with E-state index in [4.69, 9.17) is 0 Å². The van der Waals surface area contributed by atoms with Crippen molar-refractivity contribution >= 4 is 0 Å². The van der Waals surface area contributed by atoms with Crippen LogP contribution in [-0.2, 0) is 0 Å². The molecule has 1 heterocycles. The van der Waals surface area contributed by atoms with Gasteiger partial charge in [0.1, 0.15) is 0 Å². The first kappa shape index (κ1) is 15.3. The van der Waals surface area contributed by atoms with Gasteiger partial charge in [-0.15, -0.1) is 0 Å². The summed E-state index contributed by atoms with van der Waals surface area (Å²) < 4.78 is 0. The van der Waals surface area contributed by atoms with Crippen LogP contribution < -0.4 is 10.6 Å². The molecule has 3 atom stereocenters. The van der Waals surface area contributed by atoms with Crippen LogP contribution in [0.3, 0.4) is 0 Å². The van der Waals surface area contributed by atoms with E-state index < -0.39 is 0 Å². The highest BCUT2D eigenvalue weighted by atomic mass is 15.0. The van der Waals surface area contributed by atoms with Gasteiger partial charge in [-0.3, -0.25) is 0 Å². The Kier molecular flexibility index (Phi) is 5.70. The highest BCUT2D eigenvalue weighted by molar-refractivity contribution is 4.93. The molecule has 1 aliphatic carbocycles. The third kappa shape index (κ3) is 3.95. The molecule has 2 N–H and O–H groups in total. The Hall–Kier alpha value is -0.0800. The second-order valence-electron chi connectivity index (χ2n) is 7.46. The molecule has 0 aromatic carbocycles. The summed E-state index contributed by atoms with van der Waals surface area (Å²) >= 11 is 0. The lowest BCUT2D eigenvalue weighted by Gasteiger charge is -2.31. The maximum Gasteiger partial charge on any atom is 0.0111 e. The first-order valence-corrected chi connectivity index (χ1v) is 8.56. The van der Waals surface area contributed by atoms with Crippen molar-refractivity contribution in [3.8, 4) is 0 Å². The van der Waals surface area contributed by atoms with Gasteiger partial charge in [0.25, 0.3) is 0 Å². The zero-order valence-corrected chi connectivity index (χ0v) is 13.4. The fraction of sp³-hybridized carbons (Fsp3) is 1.00. The molecule has 2 aliphatic rings. The molecule has 3 unspecified atom stereocenters. The Bertz CT molecular complexity index is 248. The van der Waals surface area contributed by atoms with Gasteiger partial charge >= 0.3 is 0 Å². The first-order valence-electron chi connectivity index (χ1n) is 8.56. The molecule has 1 saturated carbocycles. The molecule has 0 spiro atoms. The summed E-state index contributed by atoms with van der Waals surface area (Å²) in [6.45, 7) is 11.9. The van der Waals surface area contributed by atoms with Crippen molar-refractivity contribution in [2.24, 2.45) is 23.7 Å². The summed E-state index contributed by atoms with van der Waals surface area (Å²) in [6, 6.07) is 1.58. The minimum absolute atomic E-state index is 0.774. The van der Waals surface area contributed by atoms with Crippen LogP contribution in [0.25, 0.3) is 0 Å². The summed E-state index contributed by atoms with van der Waals surface area (Å²) in [4.78, 5) is 0. The van der Waals surface area contributed by atoms with Crippen molar-refractivity contribution < 1.29 is 0 Å². The molecule has 1 aliphatic heterocycles. The van der Waals surface area contributed by atoms with Gasteiger partial charge < -0.3 is 10.6 Å². The molecule has 0 aromatic heterocycles. The molecule has 2 fully saturated rings. The van der Waals surface area contributed by atoms with Crippen molar-refractivity contribution in [2.45, 2.75) is 71.9 Å². The first-order chi connectivity index (χ1) is 9.09. The van der Waals surface area contributed by atoms with E-state index in [1.165, 1.54) is 45.2 Å². The molecule has 2 rings (SSSR count). The Morgan fingerprint density at radius 3 is 2.32 bits per heavy atom. The van der Waals surface area contributed by atoms with E-state index >= 15 is 0 Å². The largest absolute Gasteiger partial charge is 0.314 e. The Morgan fingerprint density at radius 1 is 1.00 bits per heavy atom. The molecule has 112 valence electrons. The Labute approximate surface area is 120 Å². The fourth-order valence-electron chi connectivity index (χ4n) is 4.33. The van der Waals surface area contributed by atoms with Crippen molar-refractivity contribution in [1.29, 1.82) is 0 Å². The van der Waals surface area contributed by atoms with E-state index in [9.17, 15) is 0 Å². The third-order valence-electron chi connectivity index (χ3n) is 5.51. The van der Waals surface area contributed by atoms with Crippen LogP contribution in [0.4, 0.5) is 0 Å². The van der Waals surface area contributed by atoms with E-state index in [0.29, 0.717) is 0 Å². The minimum Gasteiger partial charge on any atom is -0.314 e. The van der Waals surface area contributed by atoms with E-state index in [1.54, 1.807) is 0 Å². The second-order valence-corrected chi connectivity index (χ2v) is 7.46. The van der Waals surface area contributed by atoms with Crippen LogP contribution in [-0.4, -0.2) is 25.2 Å². The average Bonchev–Trinajstić information content (AvgIpc) is 2.97. The zero-order valence-electron chi connectivity index (χ0n) is 13.4. The van der Waals surface area contributed by atoms with E-state index in [-0.39, 0.29) is 0 Å². The van der Waals surface area contributed by atoms with Gasteiger partial charge in [-0.1, -0.05) is 34.1 Å². The number of rotatable bonds is 6. The molecule has 0 aromatic rings. The Morgan fingerprint density at radius 2 is 1.74 bits per heavy atom. The summed E-state index contributed by atoms with van der Waals surface area (Å²) in [5.74, 6) is 3.29. The van der Waals surface area contributed by atoms with Crippen LogP contribution in [0.15, 0.2) is 0 Å². The molecule has 2 heteroatoms. The van der Waals surface area contributed by atoms with Gasteiger partial charge in [0.2, 0.25) is 0 Å². The number of nitrogens with one attached hydrogen (secondary N) is 2. The molecule has 1 saturated heterocycles. The summed E-state index contributed by atoms with van der Waals surface area (Å²) in [5, 5.41) is 7.65. The van der Waals surface area contributed by atoms with E-state index in [1.807, 2.05) is 0 Å². The SMILES string of the molecule is CC(C)C(CNC1CCCC1C1CCCN1)C(C)C. The van der Waals surface area contributed by atoms with Crippen molar-refractivity contribution in [3.05, 3.63) is 0 Å². The van der Waals surface area contributed by atoms with Gasteiger partial charge in [-0.25, -0.2) is 0 Å². The lowest BCUT2D eigenvalue weighted by Crippen LogP contribution is -2.44. The monoisotopic (exact) mass is 266 g/mol. The van der Waals surface area contributed by atoms with Crippen molar-refractivity contribution in [3.63, 3.8) is 0 Å². The molecular weight excluding hydrogens is 232 g/mol. The van der Waals surface area contributed by atoms with Crippen molar-refractivity contribution in [2.75, 3.05) is 13.1 Å². The predicted molar refractivity (Wildman–Crippen MR) is 83.3 cm³/mol. The average molecular weight is 266 g/mol. The van der Waals surface area contributed by atoms with Crippen LogP contribution in [0, 0.1) is 23.7 Å². The van der Waals surface area contributed by atoms with Gasteiger partial charge in [-0.05, 0) is 62.4 Å². The van der Waals surface area contributed by atoms with E-state index in [0.717, 1.165) is 35.8 Å². The standard InChI is InChI=1S/C17H34N2/c1-12(2)15(13(3)4)11-19-17-8-5-7-14(17)16-9-6-10-18-16/h12-19H,5-11H2,1-4H3. The minimum atomic E-state index is 0.774. The lowest BCUT2D eigenvalue weighted by molar-refractivity contribution is 0.242. The van der Waals surface area contributed by atoms with E-state index in [2.05, 4.69) is 38.3 Å². The van der Waals surface area contributed by atoms with Gasteiger partial charge in [0, 0.05) is 12.1 Å². The topological polar surface area (TPSA) is 24.1 Å². The quantitative estimate of drug-likeness (QED) is 0.770.